The smallest absolute Gasteiger partial charge is 0.335 e. The first-order valence-electron chi connectivity index (χ1n) is 12.1. The summed E-state index contributed by atoms with van der Waals surface area (Å²) in [5.74, 6) is -0.190. The third-order valence-electron chi connectivity index (χ3n) is 5.25. The van der Waals surface area contributed by atoms with Crippen molar-refractivity contribution < 1.29 is 9.53 Å². The molecule has 3 heteroatoms. The van der Waals surface area contributed by atoms with E-state index < -0.39 is 0 Å². The van der Waals surface area contributed by atoms with Crippen molar-refractivity contribution >= 4 is 5.97 Å². The van der Waals surface area contributed by atoms with Crippen molar-refractivity contribution in [3.63, 3.8) is 0 Å². The molecule has 0 atom stereocenters. The highest BCUT2D eigenvalue weighted by Crippen LogP contribution is 2.14. The Balaban J connectivity index is 3.21. The molecule has 0 spiro atoms. The summed E-state index contributed by atoms with van der Waals surface area (Å²) in [7, 11) is 3.82. The Morgan fingerprint density at radius 3 is 1.39 bits per heavy atom. The molecule has 0 aliphatic carbocycles. The fraction of sp³-hybridized carbons (Fsp3) is 0.880. The van der Waals surface area contributed by atoms with Crippen molar-refractivity contribution in [2.24, 2.45) is 0 Å². The van der Waals surface area contributed by atoms with Crippen molar-refractivity contribution in [3.8, 4) is 0 Å². The molecule has 3 nitrogen and oxygen atoms in total. The lowest BCUT2D eigenvalue weighted by atomic mass is 10.0. The van der Waals surface area contributed by atoms with Gasteiger partial charge in [-0.05, 0) is 13.3 Å². The van der Waals surface area contributed by atoms with Gasteiger partial charge in [0.2, 0.25) is 0 Å². The van der Waals surface area contributed by atoms with Gasteiger partial charge in [-0.25, -0.2) is 4.79 Å². The van der Waals surface area contributed by atoms with E-state index in [1.807, 2.05) is 19.0 Å². The van der Waals surface area contributed by atoms with Crippen LogP contribution in [0.15, 0.2) is 11.8 Å². The predicted octanol–water partition coefficient (Wildman–Crippen LogP) is 7.65. The van der Waals surface area contributed by atoms with Crippen LogP contribution in [-0.4, -0.2) is 31.6 Å². The van der Waals surface area contributed by atoms with Crippen LogP contribution >= 0.6 is 0 Å². The van der Waals surface area contributed by atoms with Crippen LogP contribution in [0.5, 0.6) is 0 Å². The summed E-state index contributed by atoms with van der Waals surface area (Å²) in [5.41, 5.74) is 0.664. The number of carbonyl (C=O) groups excluding carboxylic acids is 1. The molecule has 0 aromatic carbocycles. The van der Waals surface area contributed by atoms with Crippen molar-refractivity contribution in [2.75, 3.05) is 20.7 Å². The number of esters is 1. The second-order valence-electron chi connectivity index (χ2n) is 8.57. The molecule has 0 aromatic rings. The molecule has 0 N–H and O–H groups in total. The fourth-order valence-corrected chi connectivity index (χ4v) is 3.55. The molecule has 28 heavy (non-hydrogen) atoms. The molecule has 0 amide bonds. The normalized spacial score (nSPS) is 11.6. The molecule has 0 saturated heterocycles. The van der Waals surface area contributed by atoms with E-state index in [1.54, 1.807) is 13.1 Å². The largest absolute Gasteiger partial charge is 0.462 e. The van der Waals surface area contributed by atoms with Gasteiger partial charge in [0, 0.05) is 25.9 Å². The Morgan fingerprint density at radius 2 is 1.04 bits per heavy atom. The monoisotopic (exact) mass is 395 g/mol. The zero-order valence-electron chi connectivity index (χ0n) is 19.6. The van der Waals surface area contributed by atoms with Gasteiger partial charge >= 0.3 is 5.97 Å². The molecule has 0 bridgehead atoms. The summed E-state index contributed by atoms with van der Waals surface area (Å²) in [4.78, 5) is 13.6. The second-order valence-corrected chi connectivity index (χ2v) is 8.57. The fourth-order valence-electron chi connectivity index (χ4n) is 3.55. The van der Waals surface area contributed by atoms with Crippen molar-refractivity contribution in [1.82, 2.24) is 4.90 Å². The Hall–Kier alpha value is -0.990. The van der Waals surface area contributed by atoms with Crippen LogP contribution in [-0.2, 0) is 9.53 Å². The van der Waals surface area contributed by atoms with Crippen LogP contribution in [0.1, 0.15) is 123 Å². The summed E-state index contributed by atoms with van der Waals surface area (Å²) in [6.45, 7) is 4.64. The minimum absolute atomic E-state index is 0.190. The molecule has 0 aromatic heterocycles. The highest BCUT2D eigenvalue weighted by Gasteiger charge is 2.05. The minimum Gasteiger partial charge on any atom is -0.462 e. The zero-order valence-corrected chi connectivity index (χ0v) is 19.6. The third kappa shape index (κ3) is 19.8. The average Bonchev–Trinajstić information content (AvgIpc) is 2.66. The van der Waals surface area contributed by atoms with Gasteiger partial charge in [-0.15, -0.1) is 0 Å². The third-order valence-corrected chi connectivity index (χ3v) is 5.25. The molecular weight excluding hydrogens is 346 g/mol. The number of ether oxygens (including phenoxy) is 1. The molecule has 0 rings (SSSR count). The molecule has 0 aliphatic rings. The minimum atomic E-state index is -0.190. The van der Waals surface area contributed by atoms with Gasteiger partial charge in [-0.3, -0.25) is 0 Å². The van der Waals surface area contributed by atoms with Crippen molar-refractivity contribution in [2.45, 2.75) is 123 Å². The average molecular weight is 396 g/mol. The lowest BCUT2D eigenvalue weighted by molar-refractivity contribution is -0.139. The summed E-state index contributed by atoms with van der Waals surface area (Å²) >= 11 is 0. The van der Waals surface area contributed by atoms with E-state index >= 15 is 0 Å². The molecule has 0 radical (unpaired) electrons. The van der Waals surface area contributed by atoms with E-state index in [-0.39, 0.29) is 5.97 Å². The van der Waals surface area contributed by atoms with Crippen LogP contribution in [0.4, 0.5) is 0 Å². The number of rotatable bonds is 20. The maximum absolute atomic E-state index is 11.7. The van der Waals surface area contributed by atoms with E-state index in [4.69, 9.17) is 4.74 Å². The summed E-state index contributed by atoms with van der Waals surface area (Å²) in [5, 5.41) is 0. The Bertz CT molecular complexity index is 377. The van der Waals surface area contributed by atoms with Crippen molar-refractivity contribution in [3.05, 3.63) is 11.8 Å². The molecule has 0 heterocycles. The SMILES string of the molecule is CCCCCCCCCCCCCCCCCCCOC(=O)C(C)=CN(C)C. The summed E-state index contributed by atoms with van der Waals surface area (Å²) < 4.78 is 5.30. The Kier molecular flexibility index (Phi) is 20.0. The van der Waals surface area contributed by atoms with Crippen LogP contribution in [0.3, 0.4) is 0 Å². The second kappa shape index (κ2) is 20.7. The quantitative estimate of drug-likeness (QED) is 0.120. The first-order valence-corrected chi connectivity index (χ1v) is 12.1. The predicted molar refractivity (Wildman–Crippen MR) is 123 cm³/mol. The maximum atomic E-state index is 11.7. The highest BCUT2D eigenvalue weighted by atomic mass is 16.5. The van der Waals surface area contributed by atoms with Gasteiger partial charge in [0.1, 0.15) is 0 Å². The van der Waals surface area contributed by atoms with Crippen LogP contribution in [0.25, 0.3) is 0 Å². The number of hydrogen-bond acceptors (Lipinski definition) is 3. The Morgan fingerprint density at radius 1 is 0.679 bits per heavy atom. The standard InChI is InChI=1S/C25H49NO2/c1-5-6-7-8-9-10-11-12-13-14-15-16-17-18-19-20-21-22-28-25(27)24(2)23-26(3)4/h23H,5-22H2,1-4H3. The molecule has 166 valence electrons. The van der Waals surface area contributed by atoms with Gasteiger partial charge in [0.15, 0.2) is 0 Å². The highest BCUT2D eigenvalue weighted by molar-refractivity contribution is 5.87. The van der Waals surface area contributed by atoms with E-state index in [0.29, 0.717) is 12.2 Å². The van der Waals surface area contributed by atoms with Crippen LogP contribution in [0, 0.1) is 0 Å². The number of carbonyl (C=O) groups is 1. The van der Waals surface area contributed by atoms with Gasteiger partial charge in [0.25, 0.3) is 0 Å². The number of unbranched alkanes of at least 4 members (excludes halogenated alkanes) is 16. The van der Waals surface area contributed by atoms with Gasteiger partial charge in [-0.1, -0.05) is 110 Å². The van der Waals surface area contributed by atoms with Crippen molar-refractivity contribution in [1.29, 1.82) is 0 Å². The lowest BCUT2D eigenvalue weighted by Crippen LogP contribution is -2.11. The van der Waals surface area contributed by atoms with Gasteiger partial charge in [-0.2, -0.15) is 0 Å². The first-order chi connectivity index (χ1) is 13.6. The number of hydrogen-bond donors (Lipinski definition) is 0. The van der Waals surface area contributed by atoms with Gasteiger partial charge in [0.05, 0.1) is 6.61 Å². The number of nitrogens with zero attached hydrogens (tertiary/aromatic N) is 1. The van der Waals surface area contributed by atoms with Crippen LogP contribution in [0.2, 0.25) is 0 Å². The van der Waals surface area contributed by atoms with E-state index in [0.717, 1.165) is 6.42 Å². The molecule has 0 saturated carbocycles. The zero-order chi connectivity index (χ0) is 20.9. The maximum Gasteiger partial charge on any atom is 0.335 e. The molecule has 0 aliphatic heterocycles. The molecule has 0 fully saturated rings. The van der Waals surface area contributed by atoms with E-state index in [2.05, 4.69) is 6.92 Å². The molecular formula is C25H49NO2. The lowest BCUT2D eigenvalue weighted by Gasteiger charge is -2.08. The molecule has 0 unspecified atom stereocenters. The topological polar surface area (TPSA) is 29.5 Å². The summed E-state index contributed by atoms with van der Waals surface area (Å²) in [6.07, 6.45) is 25.0. The first kappa shape index (κ1) is 27.0. The van der Waals surface area contributed by atoms with E-state index in [1.165, 1.54) is 103 Å². The summed E-state index contributed by atoms with van der Waals surface area (Å²) in [6, 6.07) is 0. The van der Waals surface area contributed by atoms with E-state index in [9.17, 15) is 4.79 Å². The Labute approximate surface area is 176 Å². The van der Waals surface area contributed by atoms with Gasteiger partial charge < -0.3 is 9.64 Å². The van der Waals surface area contributed by atoms with Crippen LogP contribution < -0.4 is 0 Å².